The van der Waals surface area contributed by atoms with Crippen LogP contribution in [-0.2, 0) is 9.53 Å². The number of carboxylic acids is 1. The lowest BCUT2D eigenvalue weighted by Crippen LogP contribution is -2.16. The highest BCUT2D eigenvalue weighted by atomic mass is 35.5. The zero-order chi connectivity index (χ0) is 16.5. The average Bonchev–Trinajstić information content (AvgIpc) is 2.45. The summed E-state index contributed by atoms with van der Waals surface area (Å²) in [7, 11) is 1.65. The molecule has 0 aliphatic carbocycles. The van der Waals surface area contributed by atoms with Crippen LogP contribution in [0.15, 0.2) is 23.1 Å². The lowest BCUT2D eigenvalue weighted by atomic mass is 10.1. The quantitative estimate of drug-likeness (QED) is 0.504. The summed E-state index contributed by atoms with van der Waals surface area (Å²) in [5.74, 6) is 0.111. The number of hydrogen-bond donors (Lipinski definition) is 1. The molecule has 6 heteroatoms. The van der Waals surface area contributed by atoms with Gasteiger partial charge >= 0.3 is 5.97 Å². The van der Waals surface area contributed by atoms with E-state index in [0.717, 1.165) is 11.3 Å². The van der Waals surface area contributed by atoms with Crippen LogP contribution in [0.5, 0.6) is 5.75 Å². The van der Waals surface area contributed by atoms with Crippen molar-refractivity contribution in [3.05, 3.63) is 23.2 Å². The Morgan fingerprint density at radius 3 is 2.68 bits per heavy atom. The van der Waals surface area contributed by atoms with Gasteiger partial charge in [-0.2, -0.15) is 0 Å². The van der Waals surface area contributed by atoms with E-state index >= 15 is 0 Å². The first-order valence-corrected chi connectivity index (χ1v) is 8.49. The average molecular weight is 347 g/mol. The Morgan fingerprint density at radius 2 is 2.09 bits per heavy atom. The topological polar surface area (TPSA) is 55.8 Å². The lowest BCUT2D eigenvalue weighted by molar-refractivity contribution is -0.137. The zero-order valence-electron chi connectivity index (χ0n) is 13.2. The zero-order valence-corrected chi connectivity index (χ0v) is 14.7. The molecule has 0 spiro atoms. The normalized spacial score (nSPS) is 12.4. The van der Waals surface area contributed by atoms with E-state index in [9.17, 15) is 4.79 Å². The molecule has 0 fully saturated rings. The summed E-state index contributed by atoms with van der Waals surface area (Å²) in [4.78, 5) is 11.9. The van der Waals surface area contributed by atoms with Crippen LogP contribution in [-0.4, -0.2) is 36.6 Å². The van der Waals surface area contributed by atoms with E-state index in [1.165, 1.54) is 0 Å². The fourth-order valence-electron chi connectivity index (χ4n) is 1.81. The first-order chi connectivity index (χ1) is 10.4. The Labute approximate surface area is 141 Å². The van der Waals surface area contributed by atoms with E-state index in [4.69, 9.17) is 26.2 Å². The molecule has 0 radical (unpaired) electrons. The number of halogens is 1. The molecule has 0 heterocycles. The number of benzene rings is 1. The number of carbonyl (C=O) groups is 1. The maximum atomic E-state index is 11.0. The van der Waals surface area contributed by atoms with Crippen LogP contribution in [0.25, 0.3) is 0 Å². The minimum atomic E-state index is -0.781. The third kappa shape index (κ3) is 6.90. The predicted octanol–water partition coefficient (Wildman–Crippen LogP) is 4.35. The number of ether oxygens (including phenoxy) is 2. The van der Waals surface area contributed by atoms with Crippen molar-refractivity contribution in [1.82, 2.24) is 0 Å². The van der Waals surface area contributed by atoms with Crippen molar-refractivity contribution in [2.45, 2.75) is 36.8 Å². The molecule has 0 saturated carbocycles. The van der Waals surface area contributed by atoms with Crippen molar-refractivity contribution in [3.8, 4) is 5.75 Å². The van der Waals surface area contributed by atoms with Gasteiger partial charge in [0.05, 0.1) is 18.1 Å². The molecule has 1 N–H and O–H groups in total. The van der Waals surface area contributed by atoms with Crippen LogP contribution in [0, 0.1) is 5.92 Å². The Hall–Kier alpha value is -0.910. The molecule has 4 nitrogen and oxygen atoms in total. The van der Waals surface area contributed by atoms with Gasteiger partial charge in [-0.25, -0.2) is 0 Å². The molecule has 22 heavy (non-hydrogen) atoms. The summed E-state index contributed by atoms with van der Waals surface area (Å²) in [5, 5.41) is 9.58. The number of rotatable bonds is 10. The highest BCUT2D eigenvalue weighted by Crippen LogP contribution is 2.35. The molecular formula is C16H23ClO4S. The van der Waals surface area contributed by atoms with Crippen molar-refractivity contribution >= 4 is 29.3 Å². The molecule has 1 aromatic rings. The minimum Gasteiger partial charge on any atom is -0.492 e. The van der Waals surface area contributed by atoms with Gasteiger partial charge in [-0.3, -0.25) is 4.79 Å². The second kappa shape index (κ2) is 9.98. The summed E-state index contributed by atoms with van der Waals surface area (Å²) in [6, 6.07) is 5.55. The highest BCUT2D eigenvalue weighted by Gasteiger charge is 2.19. The van der Waals surface area contributed by atoms with Crippen LogP contribution in [0.3, 0.4) is 0 Å². The Kier molecular flexibility index (Phi) is 8.68. The molecule has 0 saturated heterocycles. The van der Waals surface area contributed by atoms with E-state index in [2.05, 4.69) is 0 Å². The fraction of sp³-hybridized carbons (Fsp3) is 0.562. The molecule has 0 amide bonds. The Balaban J connectivity index is 2.71. The smallest absolute Gasteiger partial charge is 0.304 e. The summed E-state index contributed by atoms with van der Waals surface area (Å²) in [6.45, 7) is 5.22. The van der Waals surface area contributed by atoms with E-state index < -0.39 is 5.97 Å². The van der Waals surface area contributed by atoms with Crippen LogP contribution < -0.4 is 4.74 Å². The summed E-state index contributed by atoms with van der Waals surface area (Å²) in [6.07, 6.45) is 0.923. The van der Waals surface area contributed by atoms with Gasteiger partial charge in [-0.05, 0) is 24.1 Å². The molecule has 124 valence electrons. The number of methoxy groups -OCH3 is 1. The highest BCUT2D eigenvalue weighted by molar-refractivity contribution is 8.00. The third-order valence-electron chi connectivity index (χ3n) is 3.06. The SMILES string of the molecule is COCCCOc1cc(SC(CC(=O)O)C(C)C)ccc1Cl. The van der Waals surface area contributed by atoms with E-state index in [0.29, 0.717) is 24.0 Å². The fourth-order valence-corrected chi connectivity index (χ4v) is 3.15. The second-order valence-electron chi connectivity index (χ2n) is 5.29. The van der Waals surface area contributed by atoms with Crippen LogP contribution in [0.1, 0.15) is 26.7 Å². The number of thioether (sulfide) groups is 1. The van der Waals surface area contributed by atoms with E-state index in [1.54, 1.807) is 24.9 Å². The van der Waals surface area contributed by atoms with Gasteiger partial charge < -0.3 is 14.6 Å². The summed E-state index contributed by atoms with van der Waals surface area (Å²) < 4.78 is 10.6. The van der Waals surface area contributed by atoms with Gasteiger partial charge in [-0.1, -0.05) is 25.4 Å². The number of aliphatic carboxylic acids is 1. The third-order valence-corrected chi connectivity index (χ3v) is 4.91. The van der Waals surface area contributed by atoms with Gasteiger partial charge in [0.1, 0.15) is 5.75 Å². The molecule has 0 aliphatic heterocycles. The van der Waals surface area contributed by atoms with Crippen molar-refractivity contribution in [3.63, 3.8) is 0 Å². The van der Waals surface area contributed by atoms with Crippen molar-refractivity contribution in [2.75, 3.05) is 20.3 Å². The summed E-state index contributed by atoms with van der Waals surface area (Å²) in [5.41, 5.74) is 0. The minimum absolute atomic E-state index is 0.0139. The monoisotopic (exact) mass is 346 g/mol. The van der Waals surface area contributed by atoms with Crippen molar-refractivity contribution in [1.29, 1.82) is 0 Å². The van der Waals surface area contributed by atoms with Gasteiger partial charge in [0.25, 0.3) is 0 Å². The van der Waals surface area contributed by atoms with Gasteiger partial charge in [0.15, 0.2) is 0 Å². The van der Waals surface area contributed by atoms with Crippen LogP contribution in [0.4, 0.5) is 0 Å². The van der Waals surface area contributed by atoms with Gasteiger partial charge in [0.2, 0.25) is 0 Å². The molecule has 1 rings (SSSR count). The predicted molar refractivity (Wildman–Crippen MR) is 90.2 cm³/mol. The number of carboxylic acid groups (broad SMARTS) is 1. The molecule has 1 unspecified atom stereocenters. The largest absolute Gasteiger partial charge is 0.492 e. The first-order valence-electron chi connectivity index (χ1n) is 7.23. The Bertz CT molecular complexity index is 479. The molecule has 0 aromatic heterocycles. The van der Waals surface area contributed by atoms with Crippen LogP contribution >= 0.6 is 23.4 Å². The molecule has 0 bridgehead atoms. The molecular weight excluding hydrogens is 324 g/mol. The van der Waals surface area contributed by atoms with E-state index in [-0.39, 0.29) is 17.6 Å². The molecule has 1 atom stereocenters. The van der Waals surface area contributed by atoms with Crippen molar-refractivity contribution in [2.24, 2.45) is 5.92 Å². The maximum Gasteiger partial charge on any atom is 0.304 e. The van der Waals surface area contributed by atoms with E-state index in [1.807, 2.05) is 26.0 Å². The Morgan fingerprint density at radius 1 is 1.36 bits per heavy atom. The standard InChI is InChI=1S/C16H23ClO4S/c1-11(2)15(10-16(18)19)22-12-5-6-13(17)14(9-12)21-8-4-7-20-3/h5-6,9,11,15H,4,7-8,10H2,1-3H3,(H,18,19). The summed E-state index contributed by atoms with van der Waals surface area (Å²) >= 11 is 7.68. The molecule has 0 aliphatic rings. The second-order valence-corrected chi connectivity index (χ2v) is 7.01. The first kappa shape index (κ1) is 19.1. The molecule has 1 aromatic carbocycles. The van der Waals surface area contributed by atoms with Gasteiger partial charge in [-0.15, -0.1) is 11.8 Å². The lowest BCUT2D eigenvalue weighted by Gasteiger charge is -2.19. The van der Waals surface area contributed by atoms with Gasteiger partial charge in [0, 0.05) is 30.3 Å². The maximum absolute atomic E-state index is 11.0. The number of hydrogen-bond acceptors (Lipinski definition) is 4. The van der Waals surface area contributed by atoms with Crippen molar-refractivity contribution < 1.29 is 19.4 Å². The van der Waals surface area contributed by atoms with Crippen LogP contribution in [0.2, 0.25) is 5.02 Å².